The van der Waals surface area contributed by atoms with Crippen LogP contribution in [0.1, 0.15) is 13.8 Å². The molecule has 9 heteroatoms. The van der Waals surface area contributed by atoms with E-state index < -0.39 is 22.0 Å². The van der Waals surface area contributed by atoms with E-state index in [1.165, 1.54) is 23.5 Å². The van der Waals surface area contributed by atoms with Gasteiger partial charge in [0.05, 0.1) is 30.3 Å². The number of ether oxygens (including phenoxy) is 3. The quantitative estimate of drug-likeness (QED) is 0.546. The van der Waals surface area contributed by atoms with Crippen LogP contribution in [0.2, 0.25) is 0 Å². The fourth-order valence-electron chi connectivity index (χ4n) is 3.55. The highest BCUT2D eigenvalue weighted by Gasteiger charge is 2.37. The van der Waals surface area contributed by atoms with Crippen LogP contribution in [0.25, 0.3) is 0 Å². The fourth-order valence-corrected chi connectivity index (χ4v) is 5.03. The van der Waals surface area contributed by atoms with Crippen molar-refractivity contribution < 1.29 is 27.4 Å². The van der Waals surface area contributed by atoms with Gasteiger partial charge in [0.1, 0.15) is 17.2 Å². The third-order valence-electron chi connectivity index (χ3n) is 5.17. The first kappa shape index (κ1) is 23.4. The molecule has 3 aromatic carbocycles. The van der Waals surface area contributed by atoms with Gasteiger partial charge in [-0.25, -0.2) is 8.42 Å². The Balaban J connectivity index is 1.58. The van der Waals surface area contributed by atoms with E-state index in [0.29, 0.717) is 28.6 Å². The van der Waals surface area contributed by atoms with Gasteiger partial charge >= 0.3 is 0 Å². The Kier molecular flexibility index (Phi) is 6.65. The molecule has 8 nitrogen and oxygen atoms in total. The molecule has 0 fully saturated rings. The summed E-state index contributed by atoms with van der Waals surface area (Å²) in [6, 6.07) is 19.8. The summed E-state index contributed by atoms with van der Waals surface area (Å²) in [4.78, 5) is 13.1. The van der Waals surface area contributed by atoms with E-state index in [1.54, 1.807) is 60.7 Å². The first-order valence-corrected chi connectivity index (χ1v) is 12.2. The van der Waals surface area contributed by atoms with Crippen molar-refractivity contribution in [3.05, 3.63) is 72.8 Å². The minimum atomic E-state index is -3.96. The van der Waals surface area contributed by atoms with Gasteiger partial charge in [-0.2, -0.15) is 0 Å². The van der Waals surface area contributed by atoms with Crippen LogP contribution in [-0.2, 0) is 14.8 Å². The zero-order valence-corrected chi connectivity index (χ0v) is 19.9. The van der Waals surface area contributed by atoms with Crippen molar-refractivity contribution >= 4 is 27.3 Å². The molecule has 0 saturated heterocycles. The third-order valence-corrected chi connectivity index (χ3v) is 6.96. The summed E-state index contributed by atoms with van der Waals surface area (Å²) >= 11 is 0. The van der Waals surface area contributed by atoms with Crippen molar-refractivity contribution in [3.8, 4) is 17.2 Å². The highest BCUT2D eigenvalue weighted by atomic mass is 32.2. The van der Waals surface area contributed by atoms with Crippen LogP contribution in [-0.4, -0.2) is 40.2 Å². The second-order valence-corrected chi connectivity index (χ2v) is 9.83. The summed E-state index contributed by atoms with van der Waals surface area (Å²) < 4.78 is 44.8. The van der Waals surface area contributed by atoms with Crippen LogP contribution in [0.15, 0.2) is 77.7 Å². The summed E-state index contributed by atoms with van der Waals surface area (Å²) in [6.07, 6.45) is -1.01. The number of para-hydroxylation sites is 2. The maximum atomic E-state index is 13.5. The molecule has 1 amide bonds. The molecule has 0 aliphatic carbocycles. The number of amides is 1. The molecule has 1 aliphatic rings. The fraction of sp³-hybridized carbons (Fsp3) is 0.240. The third kappa shape index (κ3) is 4.94. The largest absolute Gasteiger partial charge is 0.497 e. The van der Waals surface area contributed by atoms with Crippen LogP contribution in [0.5, 0.6) is 17.2 Å². The van der Waals surface area contributed by atoms with Crippen molar-refractivity contribution in [1.82, 2.24) is 0 Å². The van der Waals surface area contributed by atoms with E-state index in [2.05, 4.69) is 5.32 Å². The number of sulfonamides is 1. The van der Waals surface area contributed by atoms with Gasteiger partial charge < -0.3 is 19.5 Å². The maximum Gasteiger partial charge on any atom is 0.267 e. The number of fused-ring (bicyclic) bond motifs is 1. The number of hydrogen-bond acceptors (Lipinski definition) is 6. The van der Waals surface area contributed by atoms with E-state index >= 15 is 0 Å². The van der Waals surface area contributed by atoms with Crippen molar-refractivity contribution in [2.45, 2.75) is 31.0 Å². The molecule has 1 heterocycles. The average Bonchev–Trinajstić information content (AvgIpc) is 2.84. The highest BCUT2D eigenvalue weighted by molar-refractivity contribution is 7.92. The number of methoxy groups -OCH3 is 1. The van der Waals surface area contributed by atoms with Crippen molar-refractivity contribution in [2.24, 2.45) is 0 Å². The SMILES string of the molecule is COc1ccc(S(=O)(=O)N2CC(C(=O)Nc3ccc(OC(C)C)cc3)Oc3ccccc32)cc1. The van der Waals surface area contributed by atoms with Crippen molar-refractivity contribution in [2.75, 3.05) is 23.3 Å². The first-order valence-electron chi connectivity index (χ1n) is 10.8. The summed E-state index contributed by atoms with van der Waals surface area (Å²) in [5, 5.41) is 2.79. The van der Waals surface area contributed by atoms with Gasteiger partial charge in [0.25, 0.3) is 15.9 Å². The van der Waals surface area contributed by atoms with Gasteiger partial charge in [0, 0.05) is 5.69 Å². The lowest BCUT2D eigenvalue weighted by atomic mass is 10.2. The molecular formula is C25H26N2O6S. The van der Waals surface area contributed by atoms with Gasteiger partial charge in [-0.3, -0.25) is 9.10 Å². The average molecular weight is 483 g/mol. The summed E-state index contributed by atoms with van der Waals surface area (Å²) in [7, 11) is -2.45. The lowest BCUT2D eigenvalue weighted by Crippen LogP contribution is -2.48. The summed E-state index contributed by atoms with van der Waals surface area (Å²) in [6.45, 7) is 3.69. The lowest BCUT2D eigenvalue weighted by Gasteiger charge is -2.34. The van der Waals surface area contributed by atoms with E-state index in [-0.39, 0.29) is 17.5 Å². The molecule has 0 bridgehead atoms. The van der Waals surface area contributed by atoms with E-state index in [1.807, 2.05) is 13.8 Å². The number of rotatable bonds is 7. The van der Waals surface area contributed by atoms with Gasteiger partial charge in [0.15, 0.2) is 6.10 Å². The highest BCUT2D eigenvalue weighted by Crippen LogP contribution is 2.37. The molecule has 4 rings (SSSR count). The molecule has 178 valence electrons. The number of nitrogens with zero attached hydrogens (tertiary/aromatic N) is 1. The Morgan fingerprint density at radius 3 is 2.29 bits per heavy atom. The van der Waals surface area contributed by atoms with Crippen molar-refractivity contribution in [1.29, 1.82) is 0 Å². The zero-order chi connectivity index (χ0) is 24.3. The molecule has 0 aromatic heterocycles. The van der Waals surface area contributed by atoms with Crippen LogP contribution in [0.4, 0.5) is 11.4 Å². The normalized spacial score (nSPS) is 15.3. The van der Waals surface area contributed by atoms with Crippen LogP contribution >= 0.6 is 0 Å². The Labute approximate surface area is 199 Å². The van der Waals surface area contributed by atoms with Gasteiger partial charge in [-0.05, 0) is 74.5 Å². The van der Waals surface area contributed by atoms with Gasteiger partial charge in [-0.1, -0.05) is 12.1 Å². The van der Waals surface area contributed by atoms with Crippen LogP contribution in [0, 0.1) is 0 Å². The number of benzene rings is 3. The molecular weight excluding hydrogens is 456 g/mol. The first-order chi connectivity index (χ1) is 16.3. The molecule has 34 heavy (non-hydrogen) atoms. The molecule has 0 spiro atoms. The minimum absolute atomic E-state index is 0.0368. The van der Waals surface area contributed by atoms with E-state index in [4.69, 9.17) is 14.2 Å². The predicted molar refractivity (Wildman–Crippen MR) is 129 cm³/mol. The number of anilines is 2. The molecule has 1 unspecified atom stereocenters. The number of hydrogen-bond donors (Lipinski definition) is 1. The topological polar surface area (TPSA) is 94.2 Å². The predicted octanol–water partition coefficient (Wildman–Crippen LogP) is 4.08. The number of nitrogens with one attached hydrogen (secondary N) is 1. The number of carbonyl (C=O) groups is 1. The van der Waals surface area contributed by atoms with Crippen LogP contribution in [0.3, 0.4) is 0 Å². The molecule has 1 N–H and O–H groups in total. The Bertz CT molecular complexity index is 1260. The van der Waals surface area contributed by atoms with Gasteiger partial charge in [0.2, 0.25) is 0 Å². The maximum absolute atomic E-state index is 13.5. The Morgan fingerprint density at radius 2 is 1.65 bits per heavy atom. The molecule has 1 atom stereocenters. The van der Waals surface area contributed by atoms with Crippen molar-refractivity contribution in [3.63, 3.8) is 0 Å². The van der Waals surface area contributed by atoms with E-state index in [0.717, 1.165) is 0 Å². The van der Waals surface area contributed by atoms with Crippen LogP contribution < -0.4 is 23.8 Å². The second kappa shape index (κ2) is 9.64. The summed E-state index contributed by atoms with van der Waals surface area (Å²) in [5.74, 6) is 1.09. The standard InChI is InChI=1S/C25H26N2O6S/c1-17(2)32-20-10-8-18(9-11-20)26-25(28)24-16-27(22-6-4-5-7-23(22)33-24)34(29,30)21-14-12-19(31-3)13-15-21/h4-15,17,24H,16H2,1-3H3,(H,26,28). The lowest BCUT2D eigenvalue weighted by molar-refractivity contribution is -0.122. The molecule has 3 aromatic rings. The zero-order valence-electron chi connectivity index (χ0n) is 19.1. The second-order valence-electron chi connectivity index (χ2n) is 7.97. The summed E-state index contributed by atoms with van der Waals surface area (Å²) in [5.41, 5.74) is 0.922. The monoisotopic (exact) mass is 482 g/mol. The molecule has 0 saturated carbocycles. The number of carbonyl (C=O) groups excluding carboxylic acids is 1. The van der Waals surface area contributed by atoms with E-state index in [9.17, 15) is 13.2 Å². The smallest absolute Gasteiger partial charge is 0.267 e. The minimum Gasteiger partial charge on any atom is -0.497 e. The Hall–Kier alpha value is -3.72. The van der Waals surface area contributed by atoms with Gasteiger partial charge in [-0.15, -0.1) is 0 Å². The molecule has 0 radical (unpaired) electrons. The molecule has 1 aliphatic heterocycles. The Morgan fingerprint density at radius 1 is 1.00 bits per heavy atom.